The lowest BCUT2D eigenvalue weighted by molar-refractivity contribution is -0.138. The van der Waals surface area contributed by atoms with Gasteiger partial charge in [0.15, 0.2) is 11.5 Å². The molecule has 1 aromatic heterocycles. The van der Waals surface area contributed by atoms with Gasteiger partial charge in [0, 0.05) is 35.3 Å². The first-order valence-corrected chi connectivity index (χ1v) is 20.4. The summed E-state index contributed by atoms with van der Waals surface area (Å²) in [6.45, 7) is 10.1. The number of nitrogens with one attached hydrogen (secondary N) is 4. The molecule has 4 fully saturated rings. The van der Waals surface area contributed by atoms with Gasteiger partial charge >= 0.3 is 5.97 Å². The number of carbonyl (C=O) groups excluding carboxylic acids is 4. The Morgan fingerprint density at radius 3 is 2.19 bits per heavy atom. The molecule has 1 unspecified atom stereocenters. The number of ether oxygens (including phenoxy) is 1. The average Bonchev–Trinajstić information content (AvgIpc) is 3.47. The number of aryl methyl sites for hydroxylation is 1. The lowest BCUT2D eigenvalue weighted by Gasteiger charge is -2.38. The molecule has 62 heavy (non-hydrogen) atoms. The number of nitriles is 1. The molecule has 4 saturated carbocycles. The SMILES string of the molecule is C=C[C@H]1C[C@@]1(NC(=O)C12CC(C1)C(c1nc3ccc(C#N)cc3n1CC)C2)C(=O)Nc1ccc(C(=O)Nc2ccc(C(=O)Nc3ccc(C(=O)O)cc3)c(O)c2OC(C)C)cc1. The number of amides is 4. The topological polar surface area (TPSA) is 225 Å². The molecule has 1 heterocycles. The van der Waals surface area contributed by atoms with E-state index < -0.39 is 40.6 Å². The zero-order chi connectivity index (χ0) is 44.1. The van der Waals surface area contributed by atoms with Gasteiger partial charge in [0.05, 0.1) is 51.0 Å². The largest absolute Gasteiger partial charge is 0.504 e. The predicted octanol–water partition coefficient (Wildman–Crippen LogP) is 7.21. The molecule has 4 amide bonds. The fourth-order valence-corrected chi connectivity index (χ4v) is 9.00. The molecule has 15 heteroatoms. The quantitative estimate of drug-likeness (QED) is 0.0617. The Labute approximate surface area is 356 Å². The fourth-order valence-electron chi connectivity index (χ4n) is 9.00. The number of phenolic OH excluding ortho intramolecular Hbond substituents is 1. The zero-order valence-corrected chi connectivity index (χ0v) is 34.3. The number of rotatable bonds is 14. The van der Waals surface area contributed by atoms with Crippen molar-refractivity contribution in [3.63, 3.8) is 0 Å². The Hall–Kier alpha value is -7.47. The number of nitrogens with zero attached hydrogens (tertiary/aromatic N) is 3. The first-order chi connectivity index (χ1) is 29.7. The highest BCUT2D eigenvalue weighted by Crippen LogP contribution is 2.65. The van der Waals surface area contributed by atoms with E-state index in [1.807, 2.05) is 19.1 Å². The molecule has 0 saturated heterocycles. The first kappa shape index (κ1) is 41.3. The van der Waals surface area contributed by atoms with Crippen LogP contribution in [0.15, 0.2) is 91.5 Å². The van der Waals surface area contributed by atoms with Gasteiger partial charge in [0.25, 0.3) is 17.7 Å². The van der Waals surface area contributed by atoms with Crippen LogP contribution >= 0.6 is 0 Å². The van der Waals surface area contributed by atoms with E-state index in [1.54, 1.807) is 38.1 Å². The molecule has 0 radical (unpaired) electrons. The molecule has 15 nitrogen and oxygen atoms in total. The highest BCUT2D eigenvalue weighted by Gasteiger charge is 2.66. The minimum absolute atomic E-state index is 0.0436. The summed E-state index contributed by atoms with van der Waals surface area (Å²) in [6.07, 6.45) is 3.67. The van der Waals surface area contributed by atoms with Crippen LogP contribution in [-0.2, 0) is 16.1 Å². The van der Waals surface area contributed by atoms with Gasteiger partial charge in [-0.1, -0.05) is 6.08 Å². The number of fused-ring (bicyclic) bond motifs is 2. The second-order valence-electron chi connectivity index (χ2n) is 16.6. The van der Waals surface area contributed by atoms with Crippen molar-refractivity contribution in [3.8, 4) is 17.6 Å². The summed E-state index contributed by atoms with van der Waals surface area (Å²) in [5.41, 5.74) is 1.47. The Bertz CT molecular complexity index is 2710. The number of aromatic carboxylic acids is 1. The number of carbonyl (C=O) groups is 5. The Kier molecular flexibility index (Phi) is 10.6. The third kappa shape index (κ3) is 7.37. The monoisotopic (exact) mass is 835 g/mol. The van der Waals surface area contributed by atoms with Gasteiger partial charge in [-0.15, -0.1) is 6.58 Å². The second kappa shape index (κ2) is 15.9. The van der Waals surface area contributed by atoms with E-state index in [4.69, 9.17) is 14.8 Å². The highest BCUT2D eigenvalue weighted by atomic mass is 16.5. The van der Waals surface area contributed by atoms with Gasteiger partial charge in [-0.05, 0) is 131 Å². The molecule has 5 aromatic rings. The molecule has 3 atom stereocenters. The predicted molar refractivity (Wildman–Crippen MR) is 230 cm³/mol. The molecule has 316 valence electrons. The van der Waals surface area contributed by atoms with Crippen LogP contribution in [0.25, 0.3) is 11.0 Å². The maximum absolute atomic E-state index is 14.1. The molecular formula is C47H45N7O8. The van der Waals surface area contributed by atoms with Crippen LogP contribution < -0.4 is 26.0 Å². The van der Waals surface area contributed by atoms with Gasteiger partial charge in [0.1, 0.15) is 11.4 Å². The smallest absolute Gasteiger partial charge is 0.335 e. The lowest BCUT2D eigenvalue weighted by Crippen LogP contribution is -2.54. The van der Waals surface area contributed by atoms with E-state index in [0.717, 1.165) is 16.9 Å². The van der Waals surface area contributed by atoms with E-state index in [-0.39, 0.29) is 57.7 Å². The molecule has 2 bridgehead atoms. The van der Waals surface area contributed by atoms with E-state index in [0.29, 0.717) is 49.2 Å². The molecule has 9 rings (SSSR count). The van der Waals surface area contributed by atoms with Crippen molar-refractivity contribution in [2.45, 2.75) is 70.6 Å². The fraction of sp³-hybridized carbons (Fsp3) is 0.298. The maximum atomic E-state index is 14.1. The van der Waals surface area contributed by atoms with Gasteiger partial charge in [-0.3, -0.25) is 19.2 Å². The van der Waals surface area contributed by atoms with Crippen molar-refractivity contribution in [1.29, 1.82) is 5.26 Å². The molecule has 0 spiro atoms. The van der Waals surface area contributed by atoms with Crippen LogP contribution in [0.1, 0.15) is 94.8 Å². The maximum Gasteiger partial charge on any atom is 0.335 e. The van der Waals surface area contributed by atoms with Gasteiger partial charge in [-0.2, -0.15) is 5.26 Å². The third-order valence-electron chi connectivity index (χ3n) is 12.3. The first-order valence-electron chi connectivity index (χ1n) is 20.4. The van der Waals surface area contributed by atoms with Crippen molar-refractivity contribution in [2.24, 2.45) is 17.3 Å². The number of aromatic hydroxyl groups is 1. The highest BCUT2D eigenvalue weighted by molar-refractivity contribution is 6.10. The van der Waals surface area contributed by atoms with Gasteiger partial charge in [0.2, 0.25) is 5.91 Å². The normalized spacial score (nSPS) is 21.9. The summed E-state index contributed by atoms with van der Waals surface area (Å²) in [4.78, 5) is 70.7. The standard InChI is InChI=1S/C47H45N7O8/c1-5-30-22-47(30,53-44(60)46-20-29(21-46)34(23-46)40-51-35-17-7-26(24-48)19-37(35)54(40)6-2)45(61)50-32-12-8-27(9-13-32)41(56)52-36-18-16-33(38(55)39(36)62-25(3)4)42(57)49-31-14-10-28(11-15-31)43(58)59/h5,7-19,25,29-30,34,55H,1,6,20-23H2,2-4H3,(H,49,57)(H,50,61)(H,52,56)(H,53,60)(H,58,59)/t29?,30-,34?,46?,47-/m0/s1. The molecule has 4 aliphatic carbocycles. The number of aromatic nitrogens is 2. The average molecular weight is 836 g/mol. The molecule has 6 N–H and O–H groups in total. The van der Waals surface area contributed by atoms with E-state index in [9.17, 15) is 34.3 Å². The number of hydrogen-bond donors (Lipinski definition) is 6. The molecular weight excluding hydrogens is 791 g/mol. The van der Waals surface area contributed by atoms with Crippen LogP contribution in [0.4, 0.5) is 17.1 Å². The van der Waals surface area contributed by atoms with Crippen molar-refractivity contribution in [2.75, 3.05) is 16.0 Å². The zero-order valence-electron chi connectivity index (χ0n) is 34.3. The van der Waals surface area contributed by atoms with Crippen molar-refractivity contribution in [3.05, 3.63) is 120 Å². The Balaban J connectivity index is 0.919. The molecule has 0 aliphatic heterocycles. The number of phenols is 1. The van der Waals surface area contributed by atoms with Crippen LogP contribution in [0, 0.1) is 28.6 Å². The van der Waals surface area contributed by atoms with Crippen LogP contribution in [0.3, 0.4) is 0 Å². The van der Waals surface area contributed by atoms with Crippen LogP contribution in [0.2, 0.25) is 0 Å². The van der Waals surface area contributed by atoms with E-state index in [2.05, 4.69) is 38.5 Å². The van der Waals surface area contributed by atoms with Crippen molar-refractivity contribution < 1.29 is 38.9 Å². The number of imidazole rings is 1. The summed E-state index contributed by atoms with van der Waals surface area (Å²) < 4.78 is 7.97. The van der Waals surface area contributed by atoms with Crippen LogP contribution in [-0.4, -0.2) is 61.0 Å². The summed E-state index contributed by atoms with van der Waals surface area (Å²) in [5.74, 6) is -2.49. The molecule has 4 aromatic carbocycles. The third-order valence-corrected chi connectivity index (χ3v) is 12.3. The Morgan fingerprint density at radius 1 is 0.903 bits per heavy atom. The minimum atomic E-state index is -1.17. The Morgan fingerprint density at radius 2 is 1.58 bits per heavy atom. The summed E-state index contributed by atoms with van der Waals surface area (Å²) in [5, 5.41) is 41.1. The number of hydrogen-bond acceptors (Lipinski definition) is 9. The van der Waals surface area contributed by atoms with Crippen molar-refractivity contribution in [1.82, 2.24) is 14.9 Å². The number of benzene rings is 4. The summed E-state index contributed by atoms with van der Waals surface area (Å²) in [6, 6.07) is 22.1. The van der Waals surface area contributed by atoms with E-state index in [1.165, 1.54) is 48.5 Å². The second-order valence-corrected chi connectivity index (χ2v) is 16.6. The van der Waals surface area contributed by atoms with Gasteiger partial charge in [-0.25, -0.2) is 9.78 Å². The number of anilines is 3. The number of carboxylic acids is 1. The minimum Gasteiger partial charge on any atom is -0.504 e. The van der Waals surface area contributed by atoms with Crippen LogP contribution in [0.5, 0.6) is 11.5 Å². The number of carboxylic acid groups (broad SMARTS) is 1. The summed E-state index contributed by atoms with van der Waals surface area (Å²) in [7, 11) is 0. The lowest BCUT2D eigenvalue weighted by atomic mass is 9.68. The van der Waals surface area contributed by atoms with Gasteiger partial charge < -0.3 is 40.8 Å². The molecule has 4 aliphatic rings. The van der Waals surface area contributed by atoms with E-state index >= 15 is 0 Å². The van der Waals surface area contributed by atoms with Crippen molar-refractivity contribution >= 4 is 57.7 Å². The summed E-state index contributed by atoms with van der Waals surface area (Å²) >= 11 is 0.